The Hall–Kier alpha value is -2.03. The lowest BCUT2D eigenvalue weighted by Crippen LogP contribution is -2.48. The topological polar surface area (TPSA) is 67.6 Å². The molecular weight excluding hydrogens is 362 g/mol. The zero-order valence-electron chi connectivity index (χ0n) is 15.5. The summed E-state index contributed by atoms with van der Waals surface area (Å²) in [5.41, 5.74) is 2.64. The number of hydrogen-bond acceptors (Lipinski definition) is 3. The molecule has 5 nitrogen and oxygen atoms in total. The van der Waals surface area contributed by atoms with Gasteiger partial charge in [-0.3, -0.25) is 0 Å². The minimum atomic E-state index is 0.109. The molecule has 0 atom stereocenters. The van der Waals surface area contributed by atoms with Gasteiger partial charge >= 0.3 is 6.03 Å². The van der Waals surface area contributed by atoms with Crippen LogP contribution in [0, 0.1) is 17.2 Å². The first-order valence-corrected chi connectivity index (χ1v) is 10.0. The molecule has 0 bridgehead atoms. The molecule has 0 radical (unpaired) electrons. The van der Waals surface area contributed by atoms with Crippen molar-refractivity contribution >= 4 is 23.2 Å². The first-order valence-electron chi connectivity index (χ1n) is 9.65. The van der Waals surface area contributed by atoms with Crippen LogP contribution in [-0.4, -0.2) is 53.7 Å². The van der Waals surface area contributed by atoms with Crippen molar-refractivity contribution in [3.63, 3.8) is 0 Å². The fourth-order valence-electron chi connectivity index (χ4n) is 4.01. The molecule has 2 fully saturated rings. The first kappa shape index (κ1) is 19.7. The molecule has 1 N–H and O–H groups in total. The van der Waals surface area contributed by atoms with Gasteiger partial charge in [-0.25, -0.2) is 4.79 Å². The summed E-state index contributed by atoms with van der Waals surface area (Å²) in [7, 11) is 0. The predicted molar refractivity (Wildman–Crippen MR) is 106 cm³/mol. The quantitative estimate of drug-likeness (QED) is 0.799. The maximum atomic E-state index is 12.8. The van der Waals surface area contributed by atoms with Crippen molar-refractivity contribution in [2.24, 2.45) is 5.92 Å². The lowest BCUT2D eigenvalue weighted by molar-refractivity contribution is 0.123. The molecule has 1 aromatic rings. The van der Waals surface area contributed by atoms with Gasteiger partial charge in [0.15, 0.2) is 0 Å². The highest BCUT2D eigenvalue weighted by Crippen LogP contribution is 2.29. The zero-order chi connectivity index (χ0) is 19.2. The van der Waals surface area contributed by atoms with Crippen LogP contribution in [0.25, 0.3) is 5.57 Å². The van der Waals surface area contributed by atoms with Crippen LogP contribution in [0.4, 0.5) is 4.79 Å². The third kappa shape index (κ3) is 4.82. The van der Waals surface area contributed by atoms with Crippen molar-refractivity contribution < 1.29 is 9.90 Å². The number of likely N-dealkylation sites (tertiary alicyclic amines) is 2. The van der Waals surface area contributed by atoms with E-state index < -0.39 is 0 Å². The van der Waals surface area contributed by atoms with Crippen LogP contribution in [0.1, 0.15) is 37.7 Å². The van der Waals surface area contributed by atoms with Gasteiger partial charge in [0.1, 0.15) is 0 Å². The zero-order valence-corrected chi connectivity index (χ0v) is 16.3. The van der Waals surface area contributed by atoms with Crippen LogP contribution in [0.2, 0.25) is 5.02 Å². The van der Waals surface area contributed by atoms with E-state index in [-0.39, 0.29) is 12.6 Å². The van der Waals surface area contributed by atoms with Crippen LogP contribution < -0.4 is 0 Å². The van der Waals surface area contributed by atoms with Gasteiger partial charge in [-0.1, -0.05) is 23.7 Å². The van der Waals surface area contributed by atoms with E-state index in [1.54, 1.807) is 6.07 Å². The summed E-state index contributed by atoms with van der Waals surface area (Å²) < 4.78 is 0. The summed E-state index contributed by atoms with van der Waals surface area (Å²) in [6, 6.07) is 9.82. The summed E-state index contributed by atoms with van der Waals surface area (Å²) in [4.78, 5) is 16.6. The van der Waals surface area contributed by atoms with Gasteiger partial charge < -0.3 is 14.9 Å². The summed E-state index contributed by atoms with van der Waals surface area (Å²) in [6.45, 7) is 3.07. The van der Waals surface area contributed by atoms with E-state index in [9.17, 15) is 10.1 Å². The molecule has 2 saturated heterocycles. The Kier molecular flexibility index (Phi) is 6.76. The first-order chi connectivity index (χ1) is 13.1. The van der Waals surface area contributed by atoms with Gasteiger partial charge in [0.05, 0.1) is 11.6 Å². The summed E-state index contributed by atoms with van der Waals surface area (Å²) in [5.74, 6) is 0.533. The van der Waals surface area contributed by atoms with Gasteiger partial charge in [-0.05, 0) is 61.3 Å². The number of rotatable bonds is 3. The van der Waals surface area contributed by atoms with Gasteiger partial charge in [0, 0.05) is 37.8 Å². The molecule has 0 unspecified atom stereocenters. The third-order valence-electron chi connectivity index (χ3n) is 5.64. The van der Waals surface area contributed by atoms with Gasteiger partial charge in [0.25, 0.3) is 0 Å². The van der Waals surface area contributed by atoms with Gasteiger partial charge in [-0.2, -0.15) is 5.26 Å². The van der Waals surface area contributed by atoms with Gasteiger partial charge in [-0.15, -0.1) is 0 Å². The molecular formula is C21H26ClN3O2. The van der Waals surface area contributed by atoms with Crippen molar-refractivity contribution in [1.29, 1.82) is 5.26 Å². The third-order valence-corrected chi connectivity index (χ3v) is 5.87. The largest absolute Gasteiger partial charge is 0.396 e. The Morgan fingerprint density at radius 3 is 2.44 bits per heavy atom. The number of benzene rings is 1. The molecule has 2 amide bonds. The van der Waals surface area contributed by atoms with Gasteiger partial charge in [0.2, 0.25) is 0 Å². The minimum Gasteiger partial charge on any atom is -0.396 e. The molecule has 144 valence electrons. The van der Waals surface area contributed by atoms with Crippen molar-refractivity contribution in [1.82, 2.24) is 9.80 Å². The van der Waals surface area contributed by atoms with E-state index >= 15 is 0 Å². The van der Waals surface area contributed by atoms with Crippen molar-refractivity contribution in [3.05, 3.63) is 40.4 Å². The number of urea groups is 1. The number of piperidine rings is 2. The van der Waals surface area contributed by atoms with E-state index in [4.69, 9.17) is 16.7 Å². The summed E-state index contributed by atoms with van der Waals surface area (Å²) in [5, 5.41) is 19.3. The van der Waals surface area contributed by atoms with E-state index in [1.807, 2.05) is 28.0 Å². The molecule has 2 heterocycles. The molecule has 2 aliphatic rings. The number of nitrogens with zero attached hydrogens (tertiary/aromatic N) is 3. The maximum Gasteiger partial charge on any atom is 0.320 e. The minimum absolute atomic E-state index is 0.109. The predicted octanol–water partition coefficient (Wildman–Crippen LogP) is 3.93. The summed E-state index contributed by atoms with van der Waals surface area (Å²) >= 11 is 6.06. The highest BCUT2D eigenvalue weighted by molar-refractivity contribution is 6.30. The number of carbonyl (C=O) groups excluding carboxylic acids is 1. The van der Waals surface area contributed by atoms with Crippen LogP contribution in [-0.2, 0) is 0 Å². The average molecular weight is 388 g/mol. The Morgan fingerprint density at radius 1 is 1.19 bits per heavy atom. The van der Waals surface area contributed by atoms with E-state index in [0.717, 1.165) is 56.3 Å². The Labute approximate surface area is 165 Å². The normalized spacial score (nSPS) is 18.3. The SMILES string of the molecule is N#CC(=C1CCN(C(=O)N2CCC(CCO)CC2)CC1)c1cccc(Cl)c1. The van der Waals surface area contributed by atoms with Crippen LogP contribution in [0.5, 0.6) is 0 Å². The monoisotopic (exact) mass is 387 g/mol. The second-order valence-corrected chi connectivity index (χ2v) is 7.75. The van der Waals surface area contributed by atoms with Crippen LogP contribution >= 0.6 is 11.6 Å². The average Bonchev–Trinajstić information content (AvgIpc) is 2.69. The van der Waals surface area contributed by atoms with E-state index in [1.165, 1.54) is 0 Å². The van der Waals surface area contributed by atoms with Crippen LogP contribution in [0.15, 0.2) is 29.8 Å². The number of hydrogen-bond donors (Lipinski definition) is 1. The molecule has 6 heteroatoms. The second-order valence-electron chi connectivity index (χ2n) is 7.31. The highest BCUT2D eigenvalue weighted by Gasteiger charge is 2.28. The smallest absolute Gasteiger partial charge is 0.320 e. The second kappa shape index (κ2) is 9.25. The standard InChI is InChI=1S/C21H26ClN3O2/c22-19-3-1-2-18(14-19)20(15-23)17-6-11-25(12-7-17)21(27)24-9-4-16(5-10-24)8-13-26/h1-3,14,16,26H,4-13H2. The molecule has 0 aromatic heterocycles. The summed E-state index contributed by atoms with van der Waals surface area (Å²) in [6.07, 6.45) is 4.22. The fourth-order valence-corrected chi connectivity index (χ4v) is 4.20. The lowest BCUT2D eigenvalue weighted by atomic mass is 9.93. The number of halogens is 1. The number of aliphatic hydroxyl groups is 1. The Morgan fingerprint density at radius 2 is 1.85 bits per heavy atom. The Bertz CT molecular complexity index is 738. The number of aliphatic hydroxyl groups excluding tert-OH is 1. The number of allylic oxidation sites excluding steroid dienone is 1. The van der Waals surface area contributed by atoms with Crippen molar-refractivity contribution in [2.45, 2.75) is 32.1 Å². The fraction of sp³-hybridized carbons (Fsp3) is 0.524. The molecule has 1 aromatic carbocycles. The molecule has 3 rings (SSSR count). The van der Waals surface area contributed by atoms with E-state index in [0.29, 0.717) is 29.6 Å². The van der Waals surface area contributed by atoms with E-state index in [2.05, 4.69) is 6.07 Å². The van der Waals surface area contributed by atoms with Crippen molar-refractivity contribution in [3.8, 4) is 6.07 Å². The number of nitriles is 1. The number of amides is 2. The maximum absolute atomic E-state index is 12.8. The van der Waals surface area contributed by atoms with Crippen molar-refractivity contribution in [2.75, 3.05) is 32.8 Å². The molecule has 2 aliphatic heterocycles. The van der Waals surface area contributed by atoms with Crippen LogP contribution in [0.3, 0.4) is 0 Å². The lowest BCUT2D eigenvalue weighted by Gasteiger charge is -2.37. The molecule has 0 spiro atoms. The molecule has 0 aliphatic carbocycles. The molecule has 27 heavy (non-hydrogen) atoms. The number of carbonyl (C=O) groups is 1. The highest BCUT2D eigenvalue weighted by atomic mass is 35.5. The Balaban J connectivity index is 1.60. The molecule has 0 saturated carbocycles.